The lowest BCUT2D eigenvalue weighted by Gasteiger charge is -2.26. The van der Waals surface area contributed by atoms with E-state index in [4.69, 9.17) is 4.74 Å². The fourth-order valence-corrected chi connectivity index (χ4v) is 1.08. The maximum absolute atomic E-state index is 10.6. The molecule has 2 heteroatoms. The molecule has 0 amide bonds. The first-order valence-corrected chi connectivity index (χ1v) is 4.78. The Balaban J connectivity index is 3.94. The molecule has 0 aromatic heterocycles. The van der Waals surface area contributed by atoms with Crippen LogP contribution in [0.3, 0.4) is 0 Å². The molecule has 0 heterocycles. The number of allylic oxidation sites excluding steroid dienone is 1. The van der Waals surface area contributed by atoms with Crippen LogP contribution in [0, 0.1) is 5.41 Å². The van der Waals surface area contributed by atoms with Gasteiger partial charge in [-0.1, -0.05) is 19.9 Å². The second-order valence-electron chi connectivity index (χ2n) is 3.77. The molecule has 0 rings (SSSR count). The zero-order valence-corrected chi connectivity index (χ0v) is 8.93. The third-order valence-electron chi connectivity index (χ3n) is 2.43. The number of carbonyl (C=O) groups is 1. The summed E-state index contributed by atoms with van der Waals surface area (Å²) < 4.78 is 5.02. The van der Waals surface area contributed by atoms with Crippen LogP contribution < -0.4 is 0 Å². The number of hydrogen-bond acceptors (Lipinski definition) is 2. The summed E-state index contributed by atoms with van der Waals surface area (Å²) in [5.41, 5.74) is 0.111. The van der Waals surface area contributed by atoms with Gasteiger partial charge in [-0.15, -0.1) is 6.58 Å². The van der Waals surface area contributed by atoms with E-state index >= 15 is 0 Å². The predicted molar refractivity (Wildman–Crippen MR) is 54.5 cm³/mol. The molecule has 1 unspecified atom stereocenters. The summed E-state index contributed by atoms with van der Waals surface area (Å²) in [5, 5.41) is 0. The van der Waals surface area contributed by atoms with Crippen molar-refractivity contribution in [2.24, 2.45) is 5.41 Å². The number of carbonyl (C=O) groups excluding carboxylic acids is 1. The van der Waals surface area contributed by atoms with E-state index in [2.05, 4.69) is 20.4 Å². The summed E-state index contributed by atoms with van der Waals surface area (Å²) in [5.74, 6) is -0.196. The Morgan fingerprint density at radius 3 is 2.62 bits per heavy atom. The smallest absolute Gasteiger partial charge is 0.302 e. The van der Waals surface area contributed by atoms with Crippen molar-refractivity contribution in [3.8, 4) is 0 Å². The quantitative estimate of drug-likeness (QED) is 0.468. The first-order valence-electron chi connectivity index (χ1n) is 4.78. The fourth-order valence-electron chi connectivity index (χ4n) is 1.08. The van der Waals surface area contributed by atoms with Gasteiger partial charge in [0.2, 0.25) is 0 Å². The van der Waals surface area contributed by atoms with Crippen LogP contribution in [0.4, 0.5) is 0 Å². The largest absolute Gasteiger partial charge is 0.465 e. The predicted octanol–water partition coefficient (Wildman–Crippen LogP) is 2.93. The summed E-state index contributed by atoms with van der Waals surface area (Å²) in [6.45, 7) is 9.91. The molecule has 0 aliphatic heterocycles. The second-order valence-corrected chi connectivity index (χ2v) is 3.77. The Kier molecular flexibility index (Phi) is 5.44. The molecule has 76 valence electrons. The van der Waals surface area contributed by atoms with Gasteiger partial charge in [0.15, 0.2) is 0 Å². The first kappa shape index (κ1) is 12.2. The highest BCUT2D eigenvalue weighted by atomic mass is 16.5. The molecule has 0 aliphatic rings. The van der Waals surface area contributed by atoms with Crippen LogP contribution in [0.2, 0.25) is 0 Å². The molecule has 0 saturated heterocycles. The Bertz CT molecular complexity index is 175. The van der Waals surface area contributed by atoms with E-state index in [1.807, 2.05) is 6.08 Å². The molecule has 0 aromatic rings. The van der Waals surface area contributed by atoms with Gasteiger partial charge < -0.3 is 4.74 Å². The van der Waals surface area contributed by atoms with E-state index in [-0.39, 0.29) is 11.4 Å². The van der Waals surface area contributed by atoms with Gasteiger partial charge in [-0.05, 0) is 19.3 Å². The highest BCUT2D eigenvalue weighted by molar-refractivity contribution is 5.65. The zero-order chi connectivity index (χ0) is 10.3. The van der Waals surface area contributed by atoms with Gasteiger partial charge in [0, 0.05) is 12.3 Å². The van der Waals surface area contributed by atoms with Crippen molar-refractivity contribution in [3.63, 3.8) is 0 Å². The molecular weight excluding hydrogens is 164 g/mol. The van der Waals surface area contributed by atoms with Crippen LogP contribution in [0.1, 0.15) is 40.0 Å². The lowest BCUT2D eigenvalue weighted by atomic mass is 9.84. The van der Waals surface area contributed by atoms with Crippen molar-refractivity contribution < 1.29 is 9.53 Å². The highest BCUT2D eigenvalue weighted by Gasteiger charge is 2.22. The summed E-state index contributed by atoms with van der Waals surface area (Å²) >= 11 is 0. The normalized spacial score (nSPS) is 14.7. The van der Waals surface area contributed by atoms with Gasteiger partial charge >= 0.3 is 5.97 Å². The van der Waals surface area contributed by atoms with E-state index in [1.165, 1.54) is 6.92 Å². The lowest BCUT2D eigenvalue weighted by molar-refractivity contribution is -0.144. The Labute approximate surface area is 81.0 Å². The van der Waals surface area contributed by atoms with Crippen molar-refractivity contribution >= 4 is 5.97 Å². The Morgan fingerprint density at radius 1 is 1.62 bits per heavy atom. The molecule has 0 N–H and O–H groups in total. The van der Waals surface area contributed by atoms with Crippen molar-refractivity contribution in [3.05, 3.63) is 12.7 Å². The maximum Gasteiger partial charge on any atom is 0.302 e. The standard InChI is InChI=1S/C11H20O2/c1-5-7-8-11(4,6-2)9-13-10(3)12/h5H,1,6-9H2,2-4H3. The lowest BCUT2D eigenvalue weighted by Crippen LogP contribution is -2.23. The number of esters is 1. The van der Waals surface area contributed by atoms with E-state index in [0.29, 0.717) is 6.61 Å². The van der Waals surface area contributed by atoms with Crippen LogP contribution in [-0.4, -0.2) is 12.6 Å². The molecule has 0 fully saturated rings. The number of rotatable bonds is 6. The molecule has 0 bridgehead atoms. The zero-order valence-electron chi connectivity index (χ0n) is 8.93. The van der Waals surface area contributed by atoms with Crippen LogP contribution >= 0.6 is 0 Å². The number of hydrogen-bond donors (Lipinski definition) is 0. The van der Waals surface area contributed by atoms with Crippen LogP contribution in [-0.2, 0) is 9.53 Å². The minimum absolute atomic E-state index is 0.111. The second kappa shape index (κ2) is 5.79. The third-order valence-corrected chi connectivity index (χ3v) is 2.43. The molecular formula is C11H20O2. The first-order chi connectivity index (χ1) is 6.04. The summed E-state index contributed by atoms with van der Waals surface area (Å²) in [7, 11) is 0. The van der Waals surface area contributed by atoms with E-state index < -0.39 is 0 Å². The van der Waals surface area contributed by atoms with Gasteiger partial charge in [0.05, 0.1) is 6.61 Å². The van der Waals surface area contributed by atoms with Crippen LogP contribution in [0.25, 0.3) is 0 Å². The number of ether oxygens (including phenoxy) is 1. The summed E-state index contributed by atoms with van der Waals surface area (Å²) in [6, 6.07) is 0. The SMILES string of the molecule is C=CCCC(C)(CC)COC(C)=O. The van der Waals surface area contributed by atoms with E-state index in [1.54, 1.807) is 0 Å². The summed E-state index contributed by atoms with van der Waals surface area (Å²) in [4.78, 5) is 10.6. The molecule has 0 aliphatic carbocycles. The topological polar surface area (TPSA) is 26.3 Å². The van der Waals surface area contributed by atoms with Gasteiger partial charge in [0.25, 0.3) is 0 Å². The van der Waals surface area contributed by atoms with Gasteiger partial charge in [-0.2, -0.15) is 0 Å². The molecule has 13 heavy (non-hydrogen) atoms. The van der Waals surface area contributed by atoms with Gasteiger partial charge in [-0.3, -0.25) is 4.79 Å². The fraction of sp³-hybridized carbons (Fsp3) is 0.727. The average molecular weight is 184 g/mol. The van der Waals surface area contributed by atoms with Crippen molar-refractivity contribution in [2.45, 2.75) is 40.0 Å². The van der Waals surface area contributed by atoms with Crippen molar-refractivity contribution in [2.75, 3.05) is 6.61 Å². The Hall–Kier alpha value is -0.790. The van der Waals surface area contributed by atoms with Crippen molar-refractivity contribution in [1.29, 1.82) is 0 Å². The van der Waals surface area contributed by atoms with Crippen LogP contribution in [0.15, 0.2) is 12.7 Å². The molecule has 0 saturated carbocycles. The molecule has 0 spiro atoms. The van der Waals surface area contributed by atoms with Crippen molar-refractivity contribution in [1.82, 2.24) is 0 Å². The highest BCUT2D eigenvalue weighted by Crippen LogP contribution is 2.27. The Morgan fingerprint density at radius 2 is 2.23 bits per heavy atom. The van der Waals surface area contributed by atoms with Gasteiger partial charge in [-0.25, -0.2) is 0 Å². The monoisotopic (exact) mass is 184 g/mol. The molecule has 2 nitrogen and oxygen atoms in total. The van der Waals surface area contributed by atoms with E-state index in [0.717, 1.165) is 19.3 Å². The van der Waals surface area contributed by atoms with Crippen LogP contribution in [0.5, 0.6) is 0 Å². The minimum Gasteiger partial charge on any atom is -0.465 e. The third kappa shape index (κ3) is 5.45. The maximum atomic E-state index is 10.6. The average Bonchev–Trinajstić information content (AvgIpc) is 2.11. The minimum atomic E-state index is -0.196. The van der Waals surface area contributed by atoms with E-state index in [9.17, 15) is 4.79 Å². The summed E-state index contributed by atoms with van der Waals surface area (Å²) in [6.07, 6.45) is 4.93. The molecule has 0 radical (unpaired) electrons. The molecule has 1 atom stereocenters. The van der Waals surface area contributed by atoms with Gasteiger partial charge in [0.1, 0.15) is 0 Å². The molecule has 0 aromatic carbocycles.